The van der Waals surface area contributed by atoms with E-state index in [-0.39, 0.29) is 25.5 Å². The molecule has 0 aliphatic rings. The van der Waals surface area contributed by atoms with Crippen LogP contribution in [0.25, 0.3) is 0 Å². The van der Waals surface area contributed by atoms with Gasteiger partial charge in [0.05, 0.1) is 12.8 Å². The summed E-state index contributed by atoms with van der Waals surface area (Å²) in [4.78, 5) is 27.7. The van der Waals surface area contributed by atoms with Gasteiger partial charge in [-0.15, -0.1) is 6.58 Å². The number of carbonyl (C=O) groups excluding carboxylic acids is 2. The Hall–Kier alpha value is -2.97. The van der Waals surface area contributed by atoms with Gasteiger partial charge in [-0.2, -0.15) is 4.31 Å². The van der Waals surface area contributed by atoms with Crippen molar-refractivity contribution < 1.29 is 18.0 Å². The summed E-state index contributed by atoms with van der Waals surface area (Å²) in [5.74, 6) is -0.776. The molecular formula is C23H29N3O4S. The lowest BCUT2D eigenvalue weighted by molar-refractivity contribution is -0.141. The molecule has 0 heterocycles. The van der Waals surface area contributed by atoms with Crippen LogP contribution in [0.5, 0.6) is 0 Å². The summed E-state index contributed by atoms with van der Waals surface area (Å²) in [6.45, 7) is 3.71. The summed E-state index contributed by atoms with van der Waals surface area (Å²) >= 11 is 0. The van der Waals surface area contributed by atoms with Crippen molar-refractivity contribution >= 4 is 21.8 Å². The van der Waals surface area contributed by atoms with Crippen LogP contribution in [0.3, 0.4) is 0 Å². The molecule has 0 aliphatic heterocycles. The lowest BCUT2D eigenvalue weighted by Gasteiger charge is -2.32. The summed E-state index contributed by atoms with van der Waals surface area (Å²) in [6.07, 6.45) is 2.91. The first-order valence-corrected chi connectivity index (χ1v) is 11.7. The highest BCUT2D eigenvalue weighted by Gasteiger charge is 2.31. The molecule has 1 atom stereocenters. The van der Waals surface area contributed by atoms with Crippen LogP contribution in [0.4, 0.5) is 0 Å². The van der Waals surface area contributed by atoms with Gasteiger partial charge in [0.1, 0.15) is 6.04 Å². The molecule has 1 N–H and O–H groups in total. The van der Waals surface area contributed by atoms with Crippen molar-refractivity contribution in [3.05, 3.63) is 84.4 Å². The minimum atomic E-state index is -3.55. The van der Waals surface area contributed by atoms with Gasteiger partial charge in [0, 0.05) is 26.6 Å². The number of carbonyl (C=O) groups is 2. The topological polar surface area (TPSA) is 86.8 Å². The van der Waals surface area contributed by atoms with Crippen LogP contribution in [0.2, 0.25) is 0 Å². The molecule has 0 saturated carbocycles. The third-order valence-corrected chi connectivity index (χ3v) is 6.07. The van der Waals surface area contributed by atoms with Gasteiger partial charge in [0.2, 0.25) is 21.8 Å². The zero-order valence-corrected chi connectivity index (χ0v) is 18.7. The molecule has 0 unspecified atom stereocenters. The van der Waals surface area contributed by atoms with Crippen molar-refractivity contribution in [2.75, 3.05) is 26.4 Å². The molecule has 0 aliphatic carbocycles. The van der Waals surface area contributed by atoms with Crippen LogP contribution >= 0.6 is 0 Å². The molecule has 7 nitrogen and oxygen atoms in total. The monoisotopic (exact) mass is 443 g/mol. The Bertz CT molecular complexity index is 978. The maximum atomic E-state index is 13.2. The molecular weight excluding hydrogens is 414 g/mol. The fourth-order valence-electron chi connectivity index (χ4n) is 3.02. The number of rotatable bonds is 11. The van der Waals surface area contributed by atoms with Crippen LogP contribution in [0.1, 0.15) is 11.1 Å². The number of nitrogens with one attached hydrogen (secondary N) is 1. The molecule has 2 aromatic carbocycles. The fourth-order valence-corrected chi connectivity index (χ4v) is 3.37. The molecule has 166 valence electrons. The number of hydrogen-bond acceptors (Lipinski definition) is 4. The van der Waals surface area contributed by atoms with Gasteiger partial charge in [-0.3, -0.25) is 9.59 Å². The average Bonchev–Trinajstić information content (AvgIpc) is 2.75. The first-order chi connectivity index (χ1) is 14.7. The van der Waals surface area contributed by atoms with Crippen molar-refractivity contribution in [2.45, 2.75) is 19.0 Å². The van der Waals surface area contributed by atoms with Crippen molar-refractivity contribution in [3.63, 3.8) is 0 Å². The number of amides is 2. The normalized spacial score (nSPS) is 12.2. The van der Waals surface area contributed by atoms with Crippen molar-refractivity contribution in [3.8, 4) is 0 Å². The highest BCUT2D eigenvalue weighted by atomic mass is 32.2. The minimum Gasteiger partial charge on any atom is -0.351 e. The lowest BCUT2D eigenvalue weighted by atomic mass is 10.0. The standard InChI is InChI=1S/C23H29N3O4S/c1-4-15-24-23(28)21(16-19-11-7-5-8-12-19)26(17-20-13-9-6-10-14-20)22(27)18-25(2)31(3,29)30/h4-14,21H,1,15-18H2,2-3H3,(H,24,28)/t21-/m0/s1. The third kappa shape index (κ3) is 7.66. The predicted molar refractivity (Wildman–Crippen MR) is 122 cm³/mol. The summed E-state index contributed by atoms with van der Waals surface area (Å²) in [5.41, 5.74) is 1.73. The molecule has 0 saturated heterocycles. The molecule has 0 bridgehead atoms. The van der Waals surface area contributed by atoms with Gasteiger partial charge in [-0.1, -0.05) is 66.7 Å². The van der Waals surface area contributed by atoms with Gasteiger partial charge < -0.3 is 10.2 Å². The Balaban J connectivity index is 2.40. The van der Waals surface area contributed by atoms with E-state index in [1.54, 1.807) is 6.08 Å². The number of sulfonamides is 1. The maximum Gasteiger partial charge on any atom is 0.243 e. The highest BCUT2D eigenvalue weighted by molar-refractivity contribution is 7.88. The van der Waals surface area contributed by atoms with Gasteiger partial charge in [0.25, 0.3) is 0 Å². The Kier molecular flexibility index (Phi) is 8.96. The molecule has 2 amide bonds. The molecule has 0 fully saturated rings. The minimum absolute atomic E-state index is 0.177. The molecule has 0 aromatic heterocycles. The quantitative estimate of drug-likeness (QED) is 0.537. The predicted octanol–water partition coefficient (Wildman–Crippen LogP) is 1.82. The van der Waals surface area contributed by atoms with Gasteiger partial charge in [-0.05, 0) is 11.1 Å². The first kappa shape index (κ1) is 24.3. The maximum absolute atomic E-state index is 13.2. The van der Waals surface area contributed by atoms with E-state index in [9.17, 15) is 18.0 Å². The largest absolute Gasteiger partial charge is 0.351 e. The molecule has 8 heteroatoms. The zero-order chi connectivity index (χ0) is 22.9. The Morgan fingerprint density at radius 3 is 2.10 bits per heavy atom. The third-order valence-electron chi connectivity index (χ3n) is 4.81. The van der Waals surface area contributed by atoms with E-state index >= 15 is 0 Å². The smallest absolute Gasteiger partial charge is 0.243 e. The van der Waals surface area contributed by atoms with Crippen LogP contribution < -0.4 is 5.32 Å². The summed E-state index contributed by atoms with van der Waals surface area (Å²) < 4.78 is 24.7. The van der Waals surface area contributed by atoms with E-state index < -0.39 is 22.0 Å². The number of likely N-dealkylation sites (N-methyl/N-ethyl adjacent to an activating group) is 1. The Morgan fingerprint density at radius 1 is 1.03 bits per heavy atom. The number of hydrogen-bond donors (Lipinski definition) is 1. The van der Waals surface area contributed by atoms with Crippen molar-refractivity contribution in [1.82, 2.24) is 14.5 Å². The zero-order valence-electron chi connectivity index (χ0n) is 17.9. The van der Waals surface area contributed by atoms with Crippen LogP contribution in [0.15, 0.2) is 73.3 Å². The second kappa shape index (κ2) is 11.4. The molecule has 31 heavy (non-hydrogen) atoms. The average molecular weight is 444 g/mol. The molecule has 2 rings (SSSR count). The van der Waals surface area contributed by atoms with Crippen molar-refractivity contribution in [2.24, 2.45) is 0 Å². The summed E-state index contributed by atoms with van der Waals surface area (Å²) in [6, 6.07) is 17.9. The van der Waals surface area contributed by atoms with E-state index in [2.05, 4.69) is 11.9 Å². The summed E-state index contributed by atoms with van der Waals surface area (Å²) in [5, 5.41) is 2.77. The second-order valence-corrected chi connectivity index (χ2v) is 9.36. The SMILES string of the molecule is C=CCNC(=O)[C@H](Cc1ccccc1)N(Cc1ccccc1)C(=O)CN(C)S(C)(=O)=O. The second-order valence-electron chi connectivity index (χ2n) is 7.27. The first-order valence-electron chi connectivity index (χ1n) is 9.89. The molecule has 0 radical (unpaired) electrons. The van der Waals surface area contributed by atoms with Crippen LogP contribution in [-0.2, 0) is 32.6 Å². The number of benzene rings is 2. The molecule has 2 aromatic rings. The van der Waals surface area contributed by atoms with E-state index in [4.69, 9.17) is 0 Å². The Morgan fingerprint density at radius 2 is 1.58 bits per heavy atom. The fraction of sp³-hybridized carbons (Fsp3) is 0.304. The van der Waals surface area contributed by atoms with Gasteiger partial charge in [-0.25, -0.2) is 8.42 Å². The van der Waals surface area contributed by atoms with Crippen molar-refractivity contribution in [1.29, 1.82) is 0 Å². The number of nitrogens with zero attached hydrogens (tertiary/aromatic N) is 2. The highest BCUT2D eigenvalue weighted by Crippen LogP contribution is 2.15. The van der Waals surface area contributed by atoms with E-state index in [1.165, 1.54) is 11.9 Å². The van der Waals surface area contributed by atoms with Crippen LogP contribution in [0, 0.1) is 0 Å². The summed E-state index contributed by atoms with van der Waals surface area (Å²) in [7, 11) is -2.21. The lowest BCUT2D eigenvalue weighted by Crippen LogP contribution is -2.53. The van der Waals surface area contributed by atoms with Crippen LogP contribution in [-0.4, -0.2) is 61.9 Å². The van der Waals surface area contributed by atoms with Gasteiger partial charge >= 0.3 is 0 Å². The molecule has 0 spiro atoms. The van der Waals surface area contributed by atoms with Gasteiger partial charge in [0.15, 0.2) is 0 Å². The Labute approximate surface area is 184 Å². The van der Waals surface area contributed by atoms with E-state index in [0.717, 1.165) is 21.7 Å². The van der Waals surface area contributed by atoms with E-state index in [1.807, 2.05) is 60.7 Å². The van der Waals surface area contributed by atoms with E-state index in [0.29, 0.717) is 6.42 Å².